The highest BCUT2D eigenvalue weighted by atomic mass is 32.2. The molecule has 24 heavy (non-hydrogen) atoms. The van der Waals surface area contributed by atoms with Crippen molar-refractivity contribution in [1.29, 1.82) is 0 Å². The highest BCUT2D eigenvalue weighted by Crippen LogP contribution is 2.12. The average Bonchev–Trinajstić information content (AvgIpc) is 3.07. The smallest absolute Gasteiger partial charge is 0.220 e. The maximum Gasteiger partial charge on any atom is 0.220 e. The largest absolute Gasteiger partial charge is 0.364 e. The van der Waals surface area contributed by atoms with E-state index in [9.17, 15) is 8.42 Å². The van der Waals surface area contributed by atoms with E-state index in [1.807, 2.05) is 11.8 Å². The number of rotatable bonds is 7. The van der Waals surface area contributed by atoms with Crippen LogP contribution in [0.25, 0.3) is 0 Å². The van der Waals surface area contributed by atoms with Crippen molar-refractivity contribution in [2.24, 2.45) is 4.99 Å². The predicted octanol–water partition coefficient (Wildman–Crippen LogP) is 0.451. The number of hydrogen-bond donors (Lipinski definition) is 1. The molecule has 1 aromatic heterocycles. The van der Waals surface area contributed by atoms with Crippen LogP contribution in [-0.4, -0.2) is 80.5 Å². The molecule has 2 rings (SSSR count). The van der Waals surface area contributed by atoms with Crippen LogP contribution in [-0.2, 0) is 15.8 Å². The van der Waals surface area contributed by atoms with Gasteiger partial charge in [0.25, 0.3) is 0 Å². The third-order valence-electron chi connectivity index (χ3n) is 3.77. The van der Waals surface area contributed by atoms with Crippen LogP contribution in [0, 0.1) is 0 Å². The van der Waals surface area contributed by atoms with Gasteiger partial charge in [-0.1, -0.05) is 5.16 Å². The van der Waals surface area contributed by atoms with Gasteiger partial charge in [0.05, 0.1) is 5.69 Å². The Balaban J connectivity index is 1.83. The zero-order chi connectivity index (χ0) is 17.4. The molecular weight excluding hydrogens is 350 g/mol. The molecule has 0 atom stereocenters. The van der Waals surface area contributed by atoms with Gasteiger partial charge in [-0.25, -0.2) is 8.42 Å². The van der Waals surface area contributed by atoms with Crippen LogP contribution in [0.5, 0.6) is 0 Å². The topological polar surface area (TPSA) is 91.0 Å². The molecule has 0 amide bonds. The first kappa shape index (κ1) is 19.1. The van der Waals surface area contributed by atoms with Gasteiger partial charge in [-0.2, -0.15) is 16.1 Å². The van der Waals surface area contributed by atoms with Crippen LogP contribution in [0.2, 0.25) is 0 Å². The highest BCUT2D eigenvalue weighted by molar-refractivity contribution is 7.98. The number of nitrogens with one attached hydrogen (secondary N) is 1. The lowest BCUT2D eigenvalue weighted by atomic mass is 10.4. The Morgan fingerprint density at radius 2 is 2.17 bits per heavy atom. The third-order valence-corrected chi connectivity index (χ3v) is 6.28. The summed E-state index contributed by atoms with van der Waals surface area (Å²) in [6.07, 6.45) is 4.55. The Hall–Kier alpha value is -1.26. The molecule has 1 fully saturated rings. The van der Waals surface area contributed by atoms with E-state index in [2.05, 4.69) is 26.6 Å². The number of nitrogens with zero attached hydrogens (tertiary/aromatic N) is 4. The fraction of sp³-hybridized carbons (Fsp3) is 0.714. The van der Waals surface area contributed by atoms with E-state index in [1.165, 1.54) is 10.6 Å². The Morgan fingerprint density at radius 3 is 2.75 bits per heavy atom. The van der Waals surface area contributed by atoms with Crippen LogP contribution >= 0.6 is 11.8 Å². The second-order valence-electron chi connectivity index (χ2n) is 5.45. The number of thioether (sulfide) groups is 1. The summed E-state index contributed by atoms with van der Waals surface area (Å²) in [6, 6.07) is 1.58. The Morgan fingerprint density at radius 1 is 1.42 bits per heavy atom. The fourth-order valence-electron chi connectivity index (χ4n) is 2.52. The van der Waals surface area contributed by atoms with Crippen LogP contribution in [0.15, 0.2) is 21.8 Å². The van der Waals surface area contributed by atoms with Gasteiger partial charge in [0.1, 0.15) is 12.0 Å². The van der Waals surface area contributed by atoms with Gasteiger partial charge in [-0.3, -0.25) is 4.99 Å². The average molecular weight is 376 g/mol. The quantitative estimate of drug-likeness (QED) is 0.420. The molecule has 10 heteroatoms. The van der Waals surface area contributed by atoms with Crippen molar-refractivity contribution in [3.8, 4) is 0 Å². The van der Waals surface area contributed by atoms with Crippen LogP contribution in [0.3, 0.4) is 0 Å². The molecule has 8 nitrogen and oxygen atoms in total. The molecule has 1 aromatic rings. The van der Waals surface area contributed by atoms with Crippen LogP contribution in [0.1, 0.15) is 12.1 Å². The summed E-state index contributed by atoms with van der Waals surface area (Å²) in [5, 5.41) is 7.02. The molecule has 0 spiro atoms. The molecule has 1 aliphatic rings. The van der Waals surface area contributed by atoms with Crippen molar-refractivity contribution < 1.29 is 12.9 Å². The molecule has 0 aromatic carbocycles. The normalized spacial score (nSPS) is 17.2. The number of aromatic nitrogens is 1. The first-order valence-electron chi connectivity index (χ1n) is 7.88. The minimum absolute atomic E-state index is 0.120. The Labute approximate surface area is 147 Å². The van der Waals surface area contributed by atoms with Gasteiger partial charge in [0.2, 0.25) is 10.0 Å². The first-order chi connectivity index (χ1) is 11.6. The lowest BCUT2D eigenvalue weighted by molar-refractivity contribution is 0.260. The van der Waals surface area contributed by atoms with Crippen LogP contribution < -0.4 is 5.32 Å². The molecule has 136 valence electrons. The van der Waals surface area contributed by atoms with Gasteiger partial charge in [0, 0.05) is 45.8 Å². The number of piperazine rings is 1. The fourth-order valence-corrected chi connectivity index (χ4v) is 4.38. The molecule has 0 bridgehead atoms. The lowest BCUT2D eigenvalue weighted by Gasteiger charge is -2.35. The van der Waals surface area contributed by atoms with E-state index in [0.29, 0.717) is 31.9 Å². The maximum absolute atomic E-state index is 12.4. The van der Waals surface area contributed by atoms with Crippen molar-refractivity contribution in [2.75, 3.05) is 51.8 Å². The molecule has 2 heterocycles. The molecule has 1 saturated heterocycles. The standard InChI is InChI=1S/C14H25N5O3S2/c1-15-14(16-5-3-11-23-2)18-6-8-19(9-7-18)24(20,21)12-13-4-10-22-17-13/h4,10H,3,5-9,11-12H2,1-2H3,(H,15,16). The van der Waals surface area contributed by atoms with Crippen molar-refractivity contribution >= 4 is 27.7 Å². The summed E-state index contributed by atoms with van der Waals surface area (Å²) < 4.78 is 31.1. The number of aliphatic imine (C=N–C) groups is 1. The van der Waals surface area contributed by atoms with Gasteiger partial charge in [0.15, 0.2) is 5.96 Å². The number of sulfonamides is 1. The van der Waals surface area contributed by atoms with E-state index in [4.69, 9.17) is 4.52 Å². The zero-order valence-electron chi connectivity index (χ0n) is 14.1. The minimum Gasteiger partial charge on any atom is -0.364 e. The van der Waals surface area contributed by atoms with E-state index in [0.717, 1.165) is 24.7 Å². The first-order valence-corrected chi connectivity index (χ1v) is 10.9. The SMILES string of the molecule is CN=C(NCCCSC)N1CCN(S(=O)(=O)Cc2ccon2)CC1. The zero-order valence-corrected chi connectivity index (χ0v) is 15.8. The Kier molecular flexibility index (Phi) is 7.38. The van der Waals surface area contributed by atoms with Gasteiger partial charge in [-0.15, -0.1) is 0 Å². The summed E-state index contributed by atoms with van der Waals surface area (Å²) in [6.45, 7) is 3.02. The highest BCUT2D eigenvalue weighted by Gasteiger charge is 2.28. The molecule has 1 N–H and O–H groups in total. The van der Waals surface area contributed by atoms with Crippen molar-refractivity contribution in [3.05, 3.63) is 18.0 Å². The Bertz CT molecular complexity index is 610. The molecule has 0 saturated carbocycles. The van der Waals surface area contributed by atoms with Gasteiger partial charge in [-0.05, 0) is 18.4 Å². The monoisotopic (exact) mass is 375 g/mol. The molecule has 0 radical (unpaired) electrons. The van der Waals surface area contributed by atoms with E-state index < -0.39 is 10.0 Å². The van der Waals surface area contributed by atoms with Crippen molar-refractivity contribution in [1.82, 2.24) is 19.7 Å². The minimum atomic E-state index is -3.37. The summed E-state index contributed by atoms with van der Waals surface area (Å²) in [5.74, 6) is 1.83. The van der Waals surface area contributed by atoms with Gasteiger partial charge >= 0.3 is 0 Å². The summed E-state index contributed by atoms with van der Waals surface area (Å²) in [5.41, 5.74) is 0.434. The van der Waals surface area contributed by atoms with E-state index >= 15 is 0 Å². The summed E-state index contributed by atoms with van der Waals surface area (Å²) >= 11 is 1.82. The van der Waals surface area contributed by atoms with E-state index in [1.54, 1.807) is 13.1 Å². The molecular formula is C14H25N5O3S2. The summed E-state index contributed by atoms with van der Waals surface area (Å²) in [7, 11) is -1.61. The lowest BCUT2D eigenvalue weighted by Crippen LogP contribution is -2.54. The van der Waals surface area contributed by atoms with Gasteiger partial charge < -0.3 is 14.7 Å². The number of hydrogen-bond acceptors (Lipinski definition) is 6. The van der Waals surface area contributed by atoms with Crippen LogP contribution in [0.4, 0.5) is 0 Å². The third kappa shape index (κ3) is 5.38. The molecule has 0 unspecified atom stereocenters. The molecule has 1 aliphatic heterocycles. The van der Waals surface area contributed by atoms with Crippen molar-refractivity contribution in [2.45, 2.75) is 12.2 Å². The molecule has 0 aliphatic carbocycles. The maximum atomic E-state index is 12.4. The predicted molar refractivity (Wildman–Crippen MR) is 96.6 cm³/mol. The van der Waals surface area contributed by atoms with E-state index in [-0.39, 0.29) is 5.75 Å². The number of guanidine groups is 1. The second-order valence-corrected chi connectivity index (χ2v) is 8.41. The summed E-state index contributed by atoms with van der Waals surface area (Å²) in [4.78, 5) is 6.39. The second kappa shape index (κ2) is 9.28. The van der Waals surface area contributed by atoms with Crippen molar-refractivity contribution in [3.63, 3.8) is 0 Å².